The Balaban J connectivity index is 2.00. The number of phenolic OH excluding ortho intramolecular Hbond substituents is 3. The smallest absolute Gasteiger partial charge is 0.169 e. The second kappa shape index (κ2) is 9.02. The first-order valence-corrected chi connectivity index (χ1v) is 11.1. The van der Waals surface area contributed by atoms with Crippen molar-refractivity contribution in [2.24, 2.45) is 0 Å². The molecule has 5 nitrogen and oxygen atoms in total. The maximum Gasteiger partial charge on any atom is 0.169 e. The van der Waals surface area contributed by atoms with E-state index in [1.807, 2.05) is 71.0 Å². The van der Waals surface area contributed by atoms with E-state index in [-0.39, 0.29) is 17.2 Å². The van der Waals surface area contributed by atoms with Gasteiger partial charge in [0.1, 0.15) is 11.5 Å². The highest BCUT2D eigenvalue weighted by atomic mass is 16.5. The molecule has 0 radical (unpaired) electrons. The van der Waals surface area contributed by atoms with E-state index < -0.39 is 0 Å². The highest BCUT2D eigenvalue weighted by molar-refractivity contribution is 5.86. The van der Waals surface area contributed by atoms with Crippen molar-refractivity contribution in [3.8, 4) is 28.7 Å². The Morgan fingerprint density at radius 3 is 1.56 bits per heavy atom. The van der Waals surface area contributed by atoms with Gasteiger partial charge in [0, 0.05) is 0 Å². The Morgan fingerprint density at radius 2 is 1.03 bits per heavy atom. The molecule has 34 heavy (non-hydrogen) atoms. The van der Waals surface area contributed by atoms with Crippen LogP contribution in [0.4, 0.5) is 17.1 Å². The van der Waals surface area contributed by atoms with Gasteiger partial charge in [-0.25, -0.2) is 0 Å². The first-order chi connectivity index (χ1) is 16.2. The van der Waals surface area contributed by atoms with Gasteiger partial charge in [0.05, 0.1) is 17.1 Å². The predicted molar refractivity (Wildman–Crippen MR) is 136 cm³/mol. The van der Waals surface area contributed by atoms with Crippen molar-refractivity contribution >= 4 is 17.1 Å². The van der Waals surface area contributed by atoms with Crippen molar-refractivity contribution in [1.82, 2.24) is 0 Å². The third kappa shape index (κ3) is 4.25. The lowest BCUT2D eigenvalue weighted by atomic mass is 10.0. The molecule has 0 heterocycles. The van der Waals surface area contributed by atoms with E-state index in [1.54, 1.807) is 30.3 Å². The van der Waals surface area contributed by atoms with Crippen LogP contribution in [0.1, 0.15) is 27.8 Å². The van der Waals surface area contributed by atoms with Gasteiger partial charge in [-0.3, -0.25) is 0 Å². The zero-order valence-electron chi connectivity index (χ0n) is 20.0. The Hall–Kier alpha value is -4.12. The normalized spacial score (nSPS) is 10.9. The molecule has 174 valence electrons. The van der Waals surface area contributed by atoms with Crippen molar-refractivity contribution in [1.29, 1.82) is 0 Å². The predicted octanol–water partition coefficient (Wildman–Crippen LogP) is 7.61. The molecule has 0 saturated carbocycles. The Kier molecular flexibility index (Phi) is 6.12. The molecular formula is C29H29NO4. The SMILES string of the molecule is Cc1cccc(Oc2ccccc2N(c2c(C)cc(O)cc2C)c2c(C)cc(O)cc2C)c1O. The van der Waals surface area contributed by atoms with E-state index in [9.17, 15) is 15.3 Å². The molecule has 3 N–H and O–H groups in total. The minimum absolute atomic E-state index is 0.0952. The van der Waals surface area contributed by atoms with E-state index >= 15 is 0 Å². The quantitative estimate of drug-likeness (QED) is 0.289. The molecule has 0 unspecified atom stereocenters. The van der Waals surface area contributed by atoms with Gasteiger partial charge in [0.25, 0.3) is 0 Å². The fraction of sp³-hybridized carbons (Fsp3) is 0.172. The van der Waals surface area contributed by atoms with Crippen LogP contribution in [0.5, 0.6) is 28.7 Å². The van der Waals surface area contributed by atoms with Crippen molar-refractivity contribution in [2.75, 3.05) is 4.90 Å². The van der Waals surface area contributed by atoms with Gasteiger partial charge in [-0.05, 0) is 105 Å². The van der Waals surface area contributed by atoms with Gasteiger partial charge in [0.15, 0.2) is 17.2 Å². The molecule has 0 aliphatic carbocycles. The van der Waals surface area contributed by atoms with Crippen molar-refractivity contribution in [3.05, 3.63) is 94.5 Å². The second-order valence-electron chi connectivity index (χ2n) is 8.68. The Labute approximate surface area is 200 Å². The number of nitrogens with zero attached hydrogens (tertiary/aromatic N) is 1. The van der Waals surface area contributed by atoms with Gasteiger partial charge < -0.3 is 25.0 Å². The summed E-state index contributed by atoms with van der Waals surface area (Å²) in [7, 11) is 0. The lowest BCUT2D eigenvalue weighted by molar-refractivity contribution is 0.409. The number of phenols is 3. The molecule has 0 aliphatic heterocycles. The van der Waals surface area contributed by atoms with E-state index in [2.05, 4.69) is 4.90 Å². The molecule has 5 heteroatoms. The second-order valence-corrected chi connectivity index (χ2v) is 8.68. The first kappa shape index (κ1) is 23.1. The minimum Gasteiger partial charge on any atom is -0.508 e. The summed E-state index contributed by atoms with van der Waals surface area (Å²) in [4.78, 5) is 2.09. The molecule has 0 bridgehead atoms. The van der Waals surface area contributed by atoms with E-state index in [4.69, 9.17) is 4.74 Å². The molecule has 4 aromatic carbocycles. The zero-order chi connectivity index (χ0) is 24.6. The summed E-state index contributed by atoms with van der Waals surface area (Å²) in [5.41, 5.74) is 6.84. The van der Waals surface area contributed by atoms with Gasteiger partial charge in [-0.15, -0.1) is 0 Å². The molecule has 0 fully saturated rings. The summed E-state index contributed by atoms with van der Waals surface area (Å²) >= 11 is 0. The highest BCUT2D eigenvalue weighted by Crippen LogP contribution is 2.48. The summed E-state index contributed by atoms with van der Waals surface area (Å²) in [5, 5.41) is 30.9. The van der Waals surface area contributed by atoms with Gasteiger partial charge in [-0.2, -0.15) is 0 Å². The molecule has 0 spiro atoms. The molecule has 0 saturated heterocycles. The third-order valence-corrected chi connectivity index (χ3v) is 5.93. The number of aryl methyl sites for hydroxylation is 5. The van der Waals surface area contributed by atoms with Crippen LogP contribution in [-0.4, -0.2) is 15.3 Å². The van der Waals surface area contributed by atoms with Crippen LogP contribution in [-0.2, 0) is 0 Å². The summed E-state index contributed by atoms with van der Waals surface area (Å²) < 4.78 is 6.26. The first-order valence-electron chi connectivity index (χ1n) is 11.1. The van der Waals surface area contributed by atoms with Gasteiger partial charge in [-0.1, -0.05) is 24.3 Å². The monoisotopic (exact) mass is 455 g/mol. The fourth-order valence-electron chi connectivity index (χ4n) is 4.49. The van der Waals surface area contributed by atoms with Crippen molar-refractivity contribution < 1.29 is 20.1 Å². The van der Waals surface area contributed by atoms with Gasteiger partial charge >= 0.3 is 0 Å². The molecule has 0 aromatic heterocycles. The topological polar surface area (TPSA) is 73.2 Å². The van der Waals surface area contributed by atoms with E-state index in [1.165, 1.54) is 0 Å². The summed E-state index contributed by atoms with van der Waals surface area (Å²) in [6.45, 7) is 9.64. The standard InChI is InChI=1S/C29H29NO4/c1-17-9-8-12-26(29(17)33)34-25-11-7-6-10-24(25)30(27-18(2)13-22(31)14-19(27)3)28-20(4)15-23(32)16-21(28)5/h6-16,31-33H,1-5H3. The van der Waals surface area contributed by atoms with Crippen LogP contribution >= 0.6 is 0 Å². The Bertz CT molecular complexity index is 1270. The number of rotatable bonds is 5. The van der Waals surface area contributed by atoms with Crippen LogP contribution in [0.15, 0.2) is 66.7 Å². The average molecular weight is 456 g/mol. The lowest BCUT2D eigenvalue weighted by Gasteiger charge is -2.32. The maximum absolute atomic E-state index is 10.6. The molecule has 0 aliphatic rings. The van der Waals surface area contributed by atoms with Crippen LogP contribution < -0.4 is 9.64 Å². The van der Waals surface area contributed by atoms with Crippen LogP contribution in [0.2, 0.25) is 0 Å². The van der Waals surface area contributed by atoms with Crippen LogP contribution in [0.3, 0.4) is 0 Å². The zero-order valence-corrected chi connectivity index (χ0v) is 20.0. The number of aromatic hydroxyl groups is 3. The lowest BCUT2D eigenvalue weighted by Crippen LogP contribution is -2.16. The molecule has 4 rings (SSSR count). The largest absolute Gasteiger partial charge is 0.508 e. The third-order valence-electron chi connectivity index (χ3n) is 5.93. The van der Waals surface area contributed by atoms with Gasteiger partial charge in [0.2, 0.25) is 0 Å². The number of ether oxygens (including phenoxy) is 1. The van der Waals surface area contributed by atoms with Crippen molar-refractivity contribution in [3.63, 3.8) is 0 Å². The number of hydrogen-bond donors (Lipinski definition) is 3. The highest BCUT2D eigenvalue weighted by Gasteiger charge is 2.24. The molecule has 4 aromatic rings. The van der Waals surface area contributed by atoms with Crippen molar-refractivity contribution in [2.45, 2.75) is 34.6 Å². The summed E-state index contributed by atoms with van der Waals surface area (Å²) in [6.07, 6.45) is 0. The Morgan fingerprint density at radius 1 is 0.559 bits per heavy atom. The fourth-order valence-corrected chi connectivity index (χ4v) is 4.49. The number of anilines is 3. The van der Waals surface area contributed by atoms with E-state index in [0.29, 0.717) is 11.5 Å². The number of hydrogen-bond acceptors (Lipinski definition) is 5. The number of benzene rings is 4. The maximum atomic E-state index is 10.6. The molecule has 0 amide bonds. The summed E-state index contributed by atoms with van der Waals surface area (Å²) in [6, 6.07) is 20.0. The molecule has 0 atom stereocenters. The van der Waals surface area contributed by atoms with Crippen LogP contribution in [0, 0.1) is 34.6 Å². The molecular weight excluding hydrogens is 426 g/mol. The minimum atomic E-state index is 0.0952. The van der Waals surface area contributed by atoms with Crippen LogP contribution in [0.25, 0.3) is 0 Å². The average Bonchev–Trinajstić information content (AvgIpc) is 2.75. The van der Waals surface area contributed by atoms with E-state index in [0.717, 1.165) is 44.9 Å². The number of para-hydroxylation sites is 3. The summed E-state index contributed by atoms with van der Waals surface area (Å²) in [5.74, 6) is 1.42.